The number of amides is 1. The fraction of sp³-hybridized carbons (Fsp3) is 0.200. The SMILES string of the molecule is CCOc1cc(/C=N\NC(=O)c2cc(OC)cc(OC)c2)cc(Br)c1OCc1ccc(Cl)cc1Cl. The Hall–Kier alpha value is -2.94. The van der Waals surface area contributed by atoms with Gasteiger partial charge in [-0.25, -0.2) is 5.43 Å². The number of halogens is 3. The van der Waals surface area contributed by atoms with Crippen molar-refractivity contribution in [1.82, 2.24) is 5.43 Å². The van der Waals surface area contributed by atoms with Gasteiger partial charge in [0.15, 0.2) is 11.5 Å². The zero-order chi connectivity index (χ0) is 25.4. The van der Waals surface area contributed by atoms with Crippen LogP contribution in [0.2, 0.25) is 10.0 Å². The lowest BCUT2D eigenvalue weighted by atomic mass is 10.2. The minimum Gasteiger partial charge on any atom is -0.497 e. The number of benzene rings is 3. The lowest BCUT2D eigenvalue weighted by Gasteiger charge is -2.15. The van der Waals surface area contributed by atoms with Crippen molar-refractivity contribution in [3.63, 3.8) is 0 Å². The van der Waals surface area contributed by atoms with E-state index in [0.29, 0.717) is 55.2 Å². The van der Waals surface area contributed by atoms with Gasteiger partial charge in [0.05, 0.1) is 31.5 Å². The molecule has 184 valence electrons. The van der Waals surface area contributed by atoms with Crippen molar-refractivity contribution < 1.29 is 23.7 Å². The van der Waals surface area contributed by atoms with Crippen LogP contribution in [-0.2, 0) is 6.61 Å². The number of nitrogens with one attached hydrogen (secondary N) is 1. The molecule has 0 aliphatic rings. The van der Waals surface area contributed by atoms with Gasteiger partial charge >= 0.3 is 0 Å². The van der Waals surface area contributed by atoms with Crippen LogP contribution in [0, 0.1) is 0 Å². The van der Waals surface area contributed by atoms with E-state index in [4.69, 9.17) is 42.1 Å². The lowest BCUT2D eigenvalue weighted by molar-refractivity contribution is 0.0954. The lowest BCUT2D eigenvalue weighted by Crippen LogP contribution is -2.17. The predicted octanol–water partition coefficient (Wildman–Crippen LogP) is 6.51. The average molecular weight is 582 g/mol. The maximum atomic E-state index is 12.5. The van der Waals surface area contributed by atoms with Crippen molar-refractivity contribution in [3.8, 4) is 23.0 Å². The Morgan fingerprint density at radius 2 is 1.74 bits per heavy atom. The molecule has 0 heterocycles. The van der Waals surface area contributed by atoms with Crippen LogP contribution in [0.4, 0.5) is 0 Å². The van der Waals surface area contributed by atoms with E-state index in [1.54, 1.807) is 48.5 Å². The molecule has 0 radical (unpaired) electrons. The Morgan fingerprint density at radius 3 is 2.37 bits per heavy atom. The summed E-state index contributed by atoms with van der Waals surface area (Å²) < 4.78 is 22.8. The number of hydrogen-bond acceptors (Lipinski definition) is 6. The number of ether oxygens (including phenoxy) is 4. The Bertz CT molecular complexity index is 1210. The summed E-state index contributed by atoms with van der Waals surface area (Å²) >= 11 is 15.7. The standard InChI is InChI=1S/C25H23BrCl2N2O5/c1-4-34-23-8-15(7-21(26)24(23)35-14-16-5-6-18(27)11-22(16)28)13-29-30-25(31)17-9-19(32-2)12-20(10-17)33-3/h5-13H,4,14H2,1-3H3,(H,30,31)/b29-13-. The second-order valence-corrected chi connectivity index (χ2v) is 8.79. The molecule has 3 aromatic rings. The molecule has 0 aliphatic carbocycles. The van der Waals surface area contributed by atoms with Crippen LogP contribution in [0.25, 0.3) is 0 Å². The number of hydrogen-bond donors (Lipinski definition) is 1. The molecule has 0 atom stereocenters. The first-order valence-electron chi connectivity index (χ1n) is 10.4. The number of hydrazone groups is 1. The van der Waals surface area contributed by atoms with Crippen LogP contribution in [-0.4, -0.2) is 32.9 Å². The monoisotopic (exact) mass is 580 g/mol. The van der Waals surface area contributed by atoms with Gasteiger partial charge < -0.3 is 18.9 Å². The average Bonchev–Trinajstić information content (AvgIpc) is 2.84. The molecule has 7 nitrogen and oxygen atoms in total. The maximum Gasteiger partial charge on any atom is 0.271 e. The van der Waals surface area contributed by atoms with Crippen LogP contribution < -0.4 is 24.4 Å². The van der Waals surface area contributed by atoms with Gasteiger partial charge in [0, 0.05) is 27.2 Å². The molecule has 0 saturated heterocycles. The smallest absolute Gasteiger partial charge is 0.271 e. The summed E-state index contributed by atoms with van der Waals surface area (Å²) in [5.41, 5.74) is 4.31. The van der Waals surface area contributed by atoms with Gasteiger partial charge in [-0.05, 0) is 64.8 Å². The molecule has 1 amide bonds. The molecule has 0 fully saturated rings. The number of carbonyl (C=O) groups is 1. The summed E-state index contributed by atoms with van der Waals surface area (Å²) in [7, 11) is 3.03. The van der Waals surface area contributed by atoms with Crippen molar-refractivity contribution in [3.05, 3.63) is 79.7 Å². The molecular weight excluding hydrogens is 559 g/mol. The Morgan fingerprint density at radius 1 is 1.03 bits per heavy atom. The highest BCUT2D eigenvalue weighted by atomic mass is 79.9. The van der Waals surface area contributed by atoms with E-state index < -0.39 is 5.91 Å². The van der Waals surface area contributed by atoms with Crippen molar-refractivity contribution in [2.75, 3.05) is 20.8 Å². The van der Waals surface area contributed by atoms with E-state index in [0.717, 1.165) is 5.56 Å². The molecule has 1 N–H and O–H groups in total. The fourth-order valence-corrected chi connectivity index (χ4v) is 4.06. The largest absolute Gasteiger partial charge is 0.497 e. The minimum atomic E-state index is -0.414. The van der Waals surface area contributed by atoms with E-state index in [9.17, 15) is 4.79 Å². The number of carbonyl (C=O) groups excluding carboxylic acids is 1. The van der Waals surface area contributed by atoms with E-state index in [-0.39, 0.29) is 6.61 Å². The molecule has 0 saturated carbocycles. The Kier molecular flexibility index (Phi) is 9.65. The summed E-state index contributed by atoms with van der Waals surface area (Å²) in [5.74, 6) is 1.61. The highest BCUT2D eigenvalue weighted by Gasteiger charge is 2.14. The van der Waals surface area contributed by atoms with Crippen LogP contribution in [0.3, 0.4) is 0 Å². The predicted molar refractivity (Wildman–Crippen MR) is 141 cm³/mol. The molecule has 0 spiro atoms. The number of rotatable bonds is 10. The Balaban J connectivity index is 1.75. The van der Waals surface area contributed by atoms with Crippen molar-refractivity contribution in [2.24, 2.45) is 5.10 Å². The van der Waals surface area contributed by atoms with Crippen LogP contribution in [0.1, 0.15) is 28.4 Å². The van der Waals surface area contributed by atoms with Crippen molar-refractivity contribution >= 4 is 51.3 Å². The number of methoxy groups -OCH3 is 2. The fourth-order valence-electron chi connectivity index (χ4n) is 3.02. The summed E-state index contributed by atoms with van der Waals surface area (Å²) in [6.45, 7) is 2.53. The molecule has 10 heteroatoms. The molecule has 0 aromatic heterocycles. The van der Waals surface area contributed by atoms with E-state index >= 15 is 0 Å². The summed E-state index contributed by atoms with van der Waals surface area (Å²) in [6, 6.07) is 13.6. The third-order valence-electron chi connectivity index (χ3n) is 4.71. The molecular formula is C25H23BrCl2N2O5. The van der Waals surface area contributed by atoms with Crippen molar-refractivity contribution in [1.29, 1.82) is 0 Å². The summed E-state index contributed by atoms with van der Waals surface area (Å²) in [5, 5.41) is 5.13. The van der Waals surface area contributed by atoms with E-state index in [2.05, 4.69) is 26.5 Å². The minimum absolute atomic E-state index is 0.224. The first-order chi connectivity index (χ1) is 16.8. The topological polar surface area (TPSA) is 78.4 Å². The van der Waals surface area contributed by atoms with Gasteiger partial charge in [-0.15, -0.1) is 0 Å². The molecule has 0 bridgehead atoms. The zero-order valence-electron chi connectivity index (χ0n) is 19.2. The first-order valence-corrected chi connectivity index (χ1v) is 12.0. The van der Waals surface area contributed by atoms with Gasteiger partial charge in [0.2, 0.25) is 0 Å². The Labute approximate surface area is 222 Å². The van der Waals surface area contributed by atoms with Crippen LogP contribution in [0.15, 0.2) is 58.1 Å². The normalized spacial score (nSPS) is 10.8. The third-order valence-corrected chi connectivity index (χ3v) is 5.89. The van der Waals surface area contributed by atoms with Crippen LogP contribution in [0.5, 0.6) is 23.0 Å². The van der Waals surface area contributed by atoms with Gasteiger partial charge in [0.25, 0.3) is 5.91 Å². The van der Waals surface area contributed by atoms with Crippen LogP contribution >= 0.6 is 39.1 Å². The molecule has 0 unspecified atom stereocenters. The van der Waals surface area contributed by atoms with Gasteiger partial charge in [0.1, 0.15) is 18.1 Å². The number of nitrogens with zero attached hydrogens (tertiary/aromatic N) is 1. The molecule has 0 aliphatic heterocycles. The van der Waals surface area contributed by atoms with E-state index in [1.165, 1.54) is 20.4 Å². The zero-order valence-corrected chi connectivity index (χ0v) is 22.3. The van der Waals surface area contributed by atoms with Gasteiger partial charge in [-0.2, -0.15) is 5.10 Å². The second-order valence-electron chi connectivity index (χ2n) is 7.09. The maximum absolute atomic E-state index is 12.5. The summed E-state index contributed by atoms with van der Waals surface area (Å²) in [6.07, 6.45) is 1.50. The van der Waals surface area contributed by atoms with Gasteiger partial charge in [-0.1, -0.05) is 29.3 Å². The third kappa shape index (κ3) is 7.27. The first kappa shape index (κ1) is 26.7. The molecule has 3 aromatic carbocycles. The highest BCUT2D eigenvalue weighted by molar-refractivity contribution is 9.10. The second kappa shape index (κ2) is 12.7. The molecule has 3 rings (SSSR count). The quantitative estimate of drug-likeness (QED) is 0.218. The van der Waals surface area contributed by atoms with Gasteiger partial charge in [-0.3, -0.25) is 4.79 Å². The van der Waals surface area contributed by atoms with E-state index in [1.807, 2.05) is 6.92 Å². The summed E-state index contributed by atoms with van der Waals surface area (Å²) in [4.78, 5) is 12.5. The van der Waals surface area contributed by atoms with Crippen molar-refractivity contribution in [2.45, 2.75) is 13.5 Å². The highest BCUT2D eigenvalue weighted by Crippen LogP contribution is 2.37. The molecule has 35 heavy (non-hydrogen) atoms.